The number of H-pyrrole nitrogens is 1. The predicted octanol–water partition coefficient (Wildman–Crippen LogP) is 2.97. The molecule has 0 saturated heterocycles. The molecule has 154 valence electrons. The molecule has 1 atom stereocenters. The fourth-order valence-corrected chi connectivity index (χ4v) is 3.32. The molecule has 0 saturated carbocycles. The van der Waals surface area contributed by atoms with E-state index in [2.05, 4.69) is 20.5 Å². The van der Waals surface area contributed by atoms with Crippen LogP contribution in [0.25, 0.3) is 22.5 Å². The molecule has 4 aromatic rings. The third kappa shape index (κ3) is 4.67. The normalized spacial score (nSPS) is 11.6. The number of amides is 2. The number of nitrogens with two attached hydrogens (primary N) is 1. The van der Waals surface area contributed by atoms with Crippen molar-refractivity contribution in [1.82, 2.24) is 20.5 Å². The number of nitrogens with one attached hydrogen (secondary N) is 2. The number of nitrogens with zero attached hydrogens (tertiary/aromatic N) is 2. The van der Waals surface area contributed by atoms with Crippen molar-refractivity contribution in [3.8, 4) is 22.5 Å². The van der Waals surface area contributed by atoms with Gasteiger partial charge in [-0.05, 0) is 24.3 Å². The Bertz CT molecular complexity index is 1190. The molecule has 2 aromatic carbocycles. The van der Waals surface area contributed by atoms with Gasteiger partial charge in [-0.3, -0.25) is 19.7 Å². The van der Waals surface area contributed by atoms with Gasteiger partial charge in [-0.15, -0.1) is 0 Å². The smallest absolute Gasteiger partial charge is 0.252 e. The zero-order chi connectivity index (χ0) is 21.6. The molecule has 0 bridgehead atoms. The molecular weight excluding hydrogens is 390 g/mol. The first-order chi connectivity index (χ1) is 15.1. The van der Waals surface area contributed by atoms with Crippen LogP contribution >= 0.6 is 0 Å². The number of aromatic amines is 1. The molecule has 0 aliphatic heterocycles. The van der Waals surface area contributed by atoms with Gasteiger partial charge in [0.2, 0.25) is 5.91 Å². The summed E-state index contributed by atoms with van der Waals surface area (Å²) in [6.45, 7) is 0. The van der Waals surface area contributed by atoms with Gasteiger partial charge in [-0.1, -0.05) is 54.6 Å². The van der Waals surface area contributed by atoms with Gasteiger partial charge in [0.1, 0.15) is 6.04 Å². The maximum atomic E-state index is 13.0. The van der Waals surface area contributed by atoms with Crippen molar-refractivity contribution in [2.75, 3.05) is 0 Å². The maximum Gasteiger partial charge on any atom is 0.252 e. The largest absolute Gasteiger partial charge is 0.368 e. The molecule has 2 aromatic heterocycles. The van der Waals surface area contributed by atoms with E-state index in [1.165, 1.54) is 0 Å². The molecule has 4 rings (SSSR count). The van der Waals surface area contributed by atoms with Crippen LogP contribution in [0.1, 0.15) is 16.1 Å². The Morgan fingerprint density at radius 1 is 0.968 bits per heavy atom. The van der Waals surface area contributed by atoms with Crippen LogP contribution in [0.5, 0.6) is 0 Å². The van der Waals surface area contributed by atoms with Crippen LogP contribution in [0.2, 0.25) is 0 Å². The van der Waals surface area contributed by atoms with E-state index < -0.39 is 17.9 Å². The van der Waals surface area contributed by atoms with Crippen LogP contribution in [0, 0.1) is 0 Å². The highest BCUT2D eigenvalue weighted by Crippen LogP contribution is 2.26. The molecule has 0 radical (unpaired) electrons. The lowest BCUT2D eigenvalue weighted by Gasteiger charge is -2.16. The van der Waals surface area contributed by atoms with Crippen molar-refractivity contribution in [2.24, 2.45) is 5.73 Å². The number of primary amides is 1. The van der Waals surface area contributed by atoms with E-state index in [0.717, 1.165) is 11.3 Å². The van der Waals surface area contributed by atoms with Crippen molar-refractivity contribution >= 4 is 11.8 Å². The first-order valence-electron chi connectivity index (χ1n) is 9.82. The summed E-state index contributed by atoms with van der Waals surface area (Å²) in [5, 5.41) is 10.1. The van der Waals surface area contributed by atoms with Crippen LogP contribution in [-0.2, 0) is 11.2 Å². The number of hydrogen-bond acceptors (Lipinski definition) is 4. The van der Waals surface area contributed by atoms with Gasteiger partial charge in [-0.25, -0.2) is 0 Å². The number of carbonyl (C=O) groups is 2. The van der Waals surface area contributed by atoms with E-state index >= 15 is 0 Å². The second kappa shape index (κ2) is 9.04. The minimum Gasteiger partial charge on any atom is -0.368 e. The van der Waals surface area contributed by atoms with E-state index in [0.29, 0.717) is 22.5 Å². The summed E-state index contributed by atoms with van der Waals surface area (Å²) in [5.41, 5.74) is 9.73. The molecule has 2 amide bonds. The standard InChI is InChI=1S/C24H21N5O2/c25-23(30)22(14-17-10-6-7-13-26-17)27-24(31)19-12-5-4-11-18(19)21-15-20(28-29-21)16-8-2-1-3-9-16/h1-13,15,22H,14H2,(H2,25,30)(H,27,31)(H,28,29). The molecule has 0 aliphatic carbocycles. The number of aromatic nitrogens is 3. The van der Waals surface area contributed by atoms with Crippen molar-refractivity contribution < 1.29 is 9.59 Å². The minimum atomic E-state index is -0.878. The first-order valence-corrected chi connectivity index (χ1v) is 9.82. The molecule has 0 aliphatic rings. The summed E-state index contributed by atoms with van der Waals surface area (Å²) in [6, 6.07) is 23.3. The highest BCUT2D eigenvalue weighted by molar-refractivity contribution is 6.02. The first kappa shape index (κ1) is 20.0. The highest BCUT2D eigenvalue weighted by Gasteiger charge is 2.22. The lowest BCUT2D eigenvalue weighted by atomic mass is 10.0. The molecule has 4 N–H and O–H groups in total. The van der Waals surface area contributed by atoms with Gasteiger partial charge in [0.05, 0.1) is 11.4 Å². The Labute approximate surface area is 179 Å². The van der Waals surface area contributed by atoms with Gasteiger partial charge in [0, 0.05) is 35.0 Å². The van der Waals surface area contributed by atoms with Crippen LogP contribution in [0.3, 0.4) is 0 Å². The zero-order valence-corrected chi connectivity index (χ0v) is 16.7. The molecule has 7 nitrogen and oxygen atoms in total. The highest BCUT2D eigenvalue weighted by atomic mass is 16.2. The van der Waals surface area contributed by atoms with E-state index in [9.17, 15) is 9.59 Å². The third-order valence-electron chi connectivity index (χ3n) is 4.90. The van der Waals surface area contributed by atoms with Gasteiger partial charge >= 0.3 is 0 Å². The number of benzene rings is 2. The Hall–Kier alpha value is -4.26. The number of rotatable bonds is 7. The average molecular weight is 411 g/mol. The number of hydrogen-bond donors (Lipinski definition) is 3. The van der Waals surface area contributed by atoms with Crippen LogP contribution in [0.4, 0.5) is 0 Å². The summed E-state index contributed by atoms with van der Waals surface area (Å²) in [5.74, 6) is -1.02. The lowest BCUT2D eigenvalue weighted by Crippen LogP contribution is -2.46. The molecule has 2 heterocycles. The quantitative estimate of drug-likeness (QED) is 0.434. The second-order valence-corrected chi connectivity index (χ2v) is 7.03. The van der Waals surface area contributed by atoms with Crippen molar-refractivity contribution in [1.29, 1.82) is 0 Å². The summed E-state index contributed by atoms with van der Waals surface area (Å²) < 4.78 is 0. The van der Waals surface area contributed by atoms with Crippen molar-refractivity contribution in [3.63, 3.8) is 0 Å². The zero-order valence-electron chi connectivity index (χ0n) is 16.7. The molecule has 0 fully saturated rings. The molecule has 31 heavy (non-hydrogen) atoms. The van der Waals surface area contributed by atoms with E-state index in [-0.39, 0.29) is 6.42 Å². The fraction of sp³-hybridized carbons (Fsp3) is 0.0833. The molecule has 7 heteroatoms. The number of carbonyl (C=O) groups excluding carboxylic acids is 2. The van der Waals surface area contributed by atoms with Crippen LogP contribution < -0.4 is 11.1 Å². The summed E-state index contributed by atoms with van der Waals surface area (Å²) in [6.07, 6.45) is 1.85. The van der Waals surface area contributed by atoms with Gasteiger partial charge in [0.25, 0.3) is 5.91 Å². The summed E-state index contributed by atoms with van der Waals surface area (Å²) >= 11 is 0. The van der Waals surface area contributed by atoms with Gasteiger partial charge < -0.3 is 11.1 Å². The Morgan fingerprint density at radius 2 is 1.71 bits per heavy atom. The SMILES string of the molecule is NC(=O)C(Cc1ccccn1)NC(=O)c1ccccc1-c1cc(-c2ccccc2)n[nH]1. The Balaban J connectivity index is 1.58. The van der Waals surface area contributed by atoms with Crippen molar-refractivity contribution in [3.05, 3.63) is 96.3 Å². The van der Waals surface area contributed by atoms with Crippen LogP contribution in [0.15, 0.2) is 85.1 Å². The van der Waals surface area contributed by atoms with Crippen LogP contribution in [-0.4, -0.2) is 33.0 Å². The molecule has 1 unspecified atom stereocenters. The Morgan fingerprint density at radius 3 is 2.45 bits per heavy atom. The topological polar surface area (TPSA) is 114 Å². The third-order valence-corrected chi connectivity index (χ3v) is 4.90. The van der Waals surface area contributed by atoms with E-state index in [1.54, 1.807) is 30.5 Å². The molecule has 0 spiro atoms. The average Bonchev–Trinajstić information content (AvgIpc) is 3.30. The predicted molar refractivity (Wildman–Crippen MR) is 118 cm³/mol. The minimum absolute atomic E-state index is 0.215. The summed E-state index contributed by atoms with van der Waals surface area (Å²) in [7, 11) is 0. The fourth-order valence-electron chi connectivity index (χ4n) is 3.32. The Kier molecular flexibility index (Phi) is 5.84. The van der Waals surface area contributed by atoms with E-state index in [4.69, 9.17) is 5.73 Å². The van der Waals surface area contributed by atoms with E-state index in [1.807, 2.05) is 54.6 Å². The maximum absolute atomic E-state index is 13.0. The molecular formula is C24H21N5O2. The van der Waals surface area contributed by atoms with Gasteiger partial charge in [0.15, 0.2) is 0 Å². The lowest BCUT2D eigenvalue weighted by molar-refractivity contribution is -0.119. The second-order valence-electron chi connectivity index (χ2n) is 7.03. The summed E-state index contributed by atoms with van der Waals surface area (Å²) in [4.78, 5) is 29.2. The van der Waals surface area contributed by atoms with Crippen molar-refractivity contribution in [2.45, 2.75) is 12.5 Å². The van der Waals surface area contributed by atoms with Gasteiger partial charge in [-0.2, -0.15) is 5.10 Å². The monoisotopic (exact) mass is 411 g/mol. The number of pyridine rings is 1.